The first-order chi connectivity index (χ1) is 8.34. The van der Waals surface area contributed by atoms with Crippen molar-refractivity contribution in [3.8, 4) is 0 Å². The number of aromatic nitrogens is 2. The van der Waals surface area contributed by atoms with Crippen molar-refractivity contribution in [2.75, 3.05) is 11.9 Å². The molecule has 0 fully saturated rings. The average Bonchev–Trinajstić information content (AvgIpc) is 2.39. The first kappa shape index (κ1) is 11.5. The van der Waals surface area contributed by atoms with Crippen LogP contribution in [0.5, 0.6) is 0 Å². The number of hydrogen-bond acceptors (Lipinski definition) is 4. The lowest BCUT2D eigenvalue weighted by Crippen LogP contribution is -2.31. The van der Waals surface area contributed by atoms with Gasteiger partial charge in [0, 0.05) is 25.0 Å². The second-order valence-electron chi connectivity index (χ2n) is 3.90. The number of benzene rings is 1. The van der Waals surface area contributed by atoms with Crippen molar-refractivity contribution in [1.82, 2.24) is 9.97 Å². The molecule has 0 radical (unpaired) electrons. The summed E-state index contributed by atoms with van der Waals surface area (Å²) in [5, 5.41) is 3.12. The highest BCUT2D eigenvalue weighted by atomic mass is 15.1. The fraction of sp³-hybridized carbons (Fsp3) is 0.231. The van der Waals surface area contributed by atoms with Crippen molar-refractivity contribution in [3.63, 3.8) is 0 Å². The van der Waals surface area contributed by atoms with Gasteiger partial charge in [-0.15, -0.1) is 0 Å². The fourth-order valence-electron chi connectivity index (χ4n) is 1.60. The molecule has 0 aliphatic carbocycles. The molecule has 0 aliphatic rings. The van der Waals surface area contributed by atoms with Gasteiger partial charge >= 0.3 is 0 Å². The summed E-state index contributed by atoms with van der Waals surface area (Å²) in [6.45, 7) is 0.666. The van der Waals surface area contributed by atoms with Crippen LogP contribution in [0.25, 0.3) is 0 Å². The van der Waals surface area contributed by atoms with Crippen LogP contribution in [0.15, 0.2) is 48.8 Å². The third kappa shape index (κ3) is 3.85. The third-order valence-corrected chi connectivity index (χ3v) is 2.43. The van der Waals surface area contributed by atoms with Crippen LogP contribution in [-0.2, 0) is 6.42 Å². The summed E-state index contributed by atoms with van der Waals surface area (Å²) < 4.78 is 0. The number of hydrogen-bond donors (Lipinski definition) is 2. The molecule has 0 saturated heterocycles. The van der Waals surface area contributed by atoms with Gasteiger partial charge in [0.15, 0.2) is 0 Å². The Bertz CT molecular complexity index is 430. The Labute approximate surface area is 101 Å². The van der Waals surface area contributed by atoms with E-state index < -0.39 is 0 Å². The van der Waals surface area contributed by atoms with Gasteiger partial charge in [0.05, 0.1) is 0 Å². The Kier molecular flexibility index (Phi) is 4.05. The van der Waals surface area contributed by atoms with E-state index in [0.29, 0.717) is 12.5 Å². The van der Waals surface area contributed by atoms with Gasteiger partial charge in [0.2, 0.25) is 5.95 Å². The Balaban J connectivity index is 1.80. The minimum atomic E-state index is 0.0567. The summed E-state index contributed by atoms with van der Waals surface area (Å²) in [5.74, 6) is 0.621. The van der Waals surface area contributed by atoms with E-state index in [1.807, 2.05) is 18.2 Å². The lowest BCUT2D eigenvalue weighted by Gasteiger charge is -2.12. The molecule has 88 valence electrons. The number of anilines is 1. The summed E-state index contributed by atoms with van der Waals surface area (Å²) in [6.07, 6.45) is 4.26. The van der Waals surface area contributed by atoms with Crippen molar-refractivity contribution in [2.24, 2.45) is 5.73 Å². The van der Waals surface area contributed by atoms with E-state index in [0.717, 1.165) is 6.42 Å². The van der Waals surface area contributed by atoms with Gasteiger partial charge in [-0.05, 0) is 18.1 Å². The maximum Gasteiger partial charge on any atom is 0.222 e. The Morgan fingerprint density at radius 3 is 2.47 bits per heavy atom. The van der Waals surface area contributed by atoms with Crippen LogP contribution in [0.2, 0.25) is 0 Å². The van der Waals surface area contributed by atoms with Crippen molar-refractivity contribution >= 4 is 5.95 Å². The van der Waals surface area contributed by atoms with Gasteiger partial charge in [-0.3, -0.25) is 0 Å². The Hall–Kier alpha value is -1.94. The van der Waals surface area contributed by atoms with Crippen molar-refractivity contribution in [3.05, 3.63) is 54.4 Å². The normalized spacial score (nSPS) is 12.1. The van der Waals surface area contributed by atoms with E-state index in [1.54, 1.807) is 18.5 Å². The molecule has 0 spiro atoms. The van der Waals surface area contributed by atoms with Gasteiger partial charge < -0.3 is 11.1 Å². The number of nitrogens with zero attached hydrogens (tertiary/aromatic N) is 2. The average molecular weight is 228 g/mol. The molecule has 0 saturated carbocycles. The van der Waals surface area contributed by atoms with Gasteiger partial charge in [-0.2, -0.15) is 0 Å². The molecule has 17 heavy (non-hydrogen) atoms. The first-order valence-electron chi connectivity index (χ1n) is 5.65. The van der Waals surface area contributed by atoms with Crippen LogP contribution in [0.4, 0.5) is 5.95 Å². The van der Waals surface area contributed by atoms with Crippen LogP contribution >= 0.6 is 0 Å². The third-order valence-electron chi connectivity index (χ3n) is 2.43. The van der Waals surface area contributed by atoms with Crippen LogP contribution < -0.4 is 11.1 Å². The second kappa shape index (κ2) is 5.96. The zero-order valence-electron chi connectivity index (χ0n) is 9.58. The summed E-state index contributed by atoms with van der Waals surface area (Å²) in [4.78, 5) is 8.16. The highest BCUT2D eigenvalue weighted by Gasteiger charge is 2.04. The van der Waals surface area contributed by atoms with Crippen LogP contribution in [0.3, 0.4) is 0 Å². The molecule has 1 aromatic carbocycles. The molecule has 1 aromatic heterocycles. The van der Waals surface area contributed by atoms with Crippen LogP contribution in [0, 0.1) is 0 Å². The molecule has 4 nitrogen and oxygen atoms in total. The molecule has 0 amide bonds. The molecular formula is C13H16N4. The second-order valence-corrected chi connectivity index (χ2v) is 3.90. The SMILES string of the molecule is N[C@H](CNc1ncccn1)Cc1ccccc1. The van der Waals surface area contributed by atoms with E-state index in [4.69, 9.17) is 5.73 Å². The molecule has 0 bridgehead atoms. The van der Waals surface area contributed by atoms with Gasteiger partial charge in [0.25, 0.3) is 0 Å². The predicted octanol–water partition coefficient (Wildman–Crippen LogP) is 1.46. The highest BCUT2D eigenvalue weighted by molar-refractivity contribution is 5.23. The monoisotopic (exact) mass is 228 g/mol. The van der Waals surface area contributed by atoms with Crippen LogP contribution in [0.1, 0.15) is 5.56 Å². The summed E-state index contributed by atoms with van der Waals surface area (Å²) in [5.41, 5.74) is 7.28. The summed E-state index contributed by atoms with van der Waals surface area (Å²) >= 11 is 0. The molecule has 2 aromatic rings. The predicted molar refractivity (Wildman–Crippen MR) is 68.6 cm³/mol. The summed E-state index contributed by atoms with van der Waals surface area (Å²) in [7, 11) is 0. The lowest BCUT2D eigenvalue weighted by atomic mass is 10.1. The first-order valence-corrected chi connectivity index (χ1v) is 5.65. The van der Waals surface area contributed by atoms with E-state index in [9.17, 15) is 0 Å². The largest absolute Gasteiger partial charge is 0.353 e. The lowest BCUT2D eigenvalue weighted by molar-refractivity contribution is 0.695. The fourth-order valence-corrected chi connectivity index (χ4v) is 1.60. The molecular weight excluding hydrogens is 212 g/mol. The van der Waals surface area contributed by atoms with Gasteiger partial charge in [0.1, 0.15) is 0 Å². The molecule has 4 heteroatoms. The van der Waals surface area contributed by atoms with E-state index in [-0.39, 0.29) is 6.04 Å². The van der Waals surface area contributed by atoms with E-state index in [1.165, 1.54) is 5.56 Å². The molecule has 0 aliphatic heterocycles. The van der Waals surface area contributed by atoms with Crippen molar-refractivity contribution in [1.29, 1.82) is 0 Å². The maximum absolute atomic E-state index is 6.04. The zero-order chi connectivity index (χ0) is 11.9. The van der Waals surface area contributed by atoms with Gasteiger partial charge in [-0.1, -0.05) is 30.3 Å². The minimum absolute atomic E-state index is 0.0567. The summed E-state index contributed by atoms with van der Waals surface area (Å²) in [6, 6.07) is 12.1. The molecule has 2 rings (SSSR count). The zero-order valence-corrected chi connectivity index (χ0v) is 9.58. The molecule has 3 N–H and O–H groups in total. The maximum atomic E-state index is 6.04. The number of nitrogens with one attached hydrogen (secondary N) is 1. The van der Waals surface area contributed by atoms with Crippen LogP contribution in [-0.4, -0.2) is 22.6 Å². The minimum Gasteiger partial charge on any atom is -0.353 e. The molecule has 0 unspecified atom stereocenters. The number of nitrogens with two attached hydrogens (primary N) is 1. The molecule has 1 atom stereocenters. The quantitative estimate of drug-likeness (QED) is 0.813. The van der Waals surface area contributed by atoms with Gasteiger partial charge in [-0.25, -0.2) is 9.97 Å². The Morgan fingerprint density at radius 1 is 1.06 bits per heavy atom. The smallest absolute Gasteiger partial charge is 0.222 e. The highest BCUT2D eigenvalue weighted by Crippen LogP contribution is 2.02. The Morgan fingerprint density at radius 2 is 1.76 bits per heavy atom. The van der Waals surface area contributed by atoms with Crippen molar-refractivity contribution < 1.29 is 0 Å². The molecule has 1 heterocycles. The van der Waals surface area contributed by atoms with E-state index >= 15 is 0 Å². The standard InChI is InChI=1S/C13H16N4/c14-12(9-11-5-2-1-3-6-11)10-17-13-15-7-4-8-16-13/h1-8,12H,9-10,14H2,(H,15,16,17)/t12-/m0/s1. The van der Waals surface area contributed by atoms with E-state index in [2.05, 4.69) is 27.4 Å². The topological polar surface area (TPSA) is 63.8 Å². The number of rotatable bonds is 5. The van der Waals surface area contributed by atoms with Crippen molar-refractivity contribution in [2.45, 2.75) is 12.5 Å².